The minimum absolute atomic E-state index is 0.103. The Balaban J connectivity index is 1.59. The number of carbonyl (C=O) groups is 1. The second kappa shape index (κ2) is 9.09. The first-order valence-electron chi connectivity index (χ1n) is 10.5. The standard InChI is InChI=1S/C23H27N7O/c1-14-17(15-8-10-26-11-9-15)6-7-21(28-14)30-20-12-16(13-27-22(20)23(25)31)29-19-5-3-2-4-18(19)24/h6-13,18-19,29H,2-5,24H2,1H3,(H2,25,31)(H,28,30)/t18-,19+/m0/s1. The Morgan fingerprint density at radius 3 is 2.61 bits per heavy atom. The van der Waals surface area contributed by atoms with Crippen LogP contribution in [0.25, 0.3) is 11.1 Å². The smallest absolute Gasteiger partial charge is 0.269 e. The Bertz CT molecular complexity index is 1070. The molecule has 0 saturated heterocycles. The monoisotopic (exact) mass is 417 g/mol. The summed E-state index contributed by atoms with van der Waals surface area (Å²) in [6, 6.07) is 9.86. The lowest BCUT2D eigenvalue weighted by molar-refractivity contribution is 0.0996. The second-order valence-electron chi connectivity index (χ2n) is 7.87. The average molecular weight is 418 g/mol. The van der Waals surface area contributed by atoms with Crippen LogP contribution in [0.3, 0.4) is 0 Å². The number of nitrogens with zero attached hydrogens (tertiary/aromatic N) is 3. The molecule has 31 heavy (non-hydrogen) atoms. The first kappa shape index (κ1) is 20.7. The molecule has 1 amide bonds. The molecule has 0 radical (unpaired) electrons. The zero-order valence-corrected chi connectivity index (χ0v) is 17.5. The summed E-state index contributed by atoms with van der Waals surface area (Å²) >= 11 is 0. The van der Waals surface area contributed by atoms with Crippen LogP contribution in [0.2, 0.25) is 0 Å². The molecular weight excluding hydrogens is 390 g/mol. The summed E-state index contributed by atoms with van der Waals surface area (Å²) in [4.78, 5) is 24.9. The lowest BCUT2D eigenvalue weighted by atomic mass is 9.91. The summed E-state index contributed by atoms with van der Waals surface area (Å²) in [5, 5.41) is 6.66. The number of amides is 1. The summed E-state index contributed by atoms with van der Waals surface area (Å²) in [7, 11) is 0. The molecule has 3 aromatic heterocycles. The maximum atomic E-state index is 11.9. The van der Waals surface area contributed by atoms with E-state index in [1.54, 1.807) is 18.6 Å². The molecule has 1 aliphatic rings. The molecule has 1 fully saturated rings. The van der Waals surface area contributed by atoms with Gasteiger partial charge in [-0.3, -0.25) is 9.78 Å². The number of nitrogens with two attached hydrogens (primary N) is 2. The molecule has 0 unspecified atom stereocenters. The molecule has 2 atom stereocenters. The molecule has 8 nitrogen and oxygen atoms in total. The number of rotatable bonds is 6. The van der Waals surface area contributed by atoms with E-state index in [0.717, 1.165) is 48.2 Å². The molecule has 0 aliphatic heterocycles. The van der Waals surface area contributed by atoms with E-state index in [0.29, 0.717) is 11.5 Å². The predicted molar refractivity (Wildman–Crippen MR) is 122 cm³/mol. The number of pyridine rings is 3. The van der Waals surface area contributed by atoms with Crippen LogP contribution in [-0.4, -0.2) is 32.9 Å². The largest absolute Gasteiger partial charge is 0.379 e. The Morgan fingerprint density at radius 1 is 1.13 bits per heavy atom. The lowest BCUT2D eigenvalue weighted by Gasteiger charge is -2.30. The molecular formula is C23H27N7O. The fourth-order valence-corrected chi connectivity index (χ4v) is 3.99. The Morgan fingerprint density at radius 2 is 1.90 bits per heavy atom. The van der Waals surface area contributed by atoms with E-state index in [4.69, 9.17) is 11.5 Å². The van der Waals surface area contributed by atoms with Crippen molar-refractivity contribution in [3.8, 4) is 11.1 Å². The van der Waals surface area contributed by atoms with Gasteiger partial charge in [-0.2, -0.15) is 0 Å². The van der Waals surface area contributed by atoms with Gasteiger partial charge in [0, 0.05) is 35.7 Å². The van der Waals surface area contributed by atoms with E-state index in [9.17, 15) is 4.79 Å². The van der Waals surface area contributed by atoms with Gasteiger partial charge in [0.05, 0.1) is 17.6 Å². The van der Waals surface area contributed by atoms with Gasteiger partial charge in [0.2, 0.25) is 0 Å². The van der Waals surface area contributed by atoms with Crippen LogP contribution < -0.4 is 22.1 Å². The van der Waals surface area contributed by atoms with Gasteiger partial charge >= 0.3 is 0 Å². The third-order valence-corrected chi connectivity index (χ3v) is 5.63. The highest BCUT2D eigenvalue weighted by molar-refractivity contribution is 5.97. The number of hydrogen-bond acceptors (Lipinski definition) is 7. The molecule has 4 rings (SSSR count). The molecule has 1 saturated carbocycles. The minimum Gasteiger partial charge on any atom is -0.379 e. The van der Waals surface area contributed by atoms with E-state index < -0.39 is 5.91 Å². The van der Waals surface area contributed by atoms with Gasteiger partial charge < -0.3 is 22.1 Å². The fraction of sp³-hybridized carbons (Fsp3) is 0.304. The lowest BCUT2D eigenvalue weighted by Crippen LogP contribution is -2.42. The highest BCUT2D eigenvalue weighted by Crippen LogP contribution is 2.27. The van der Waals surface area contributed by atoms with Crippen LogP contribution in [0.4, 0.5) is 17.2 Å². The summed E-state index contributed by atoms with van der Waals surface area (Å²) < 4.78 is 0. The SMILES string of the molecule is Cc1nc(Nc2cc(N[C@@H]3CCCC[C@@H]3N)cnc2C(N)=O)ccc1-c1ccncc1. The van der Waals surface area contributed by atoms with Gasteiger partial charge in [0.1, 0.15) is 5.82 Å². The van der Waals surface area contributed by atoms with Crippen LogP contribution in [0, 0.1) is 6.92 Å². The van der Waals surface area contributed by atoms with Crippen molar-refractivity contribution >= 4 is 23.1 Å². The first-order chi connectivity index (χ1) is 15.0. The van der Waals surface area contributed by atoms with Crippen LogP contribution in [0.15, 0.2) is 48.9 Å². The van der Waals surface area contributed by atoms with E-state index >= 15 is 0 Å². The van der Waals surface area contributed by atoms with Crippen LogP contribution >= 0.6 is 0 Å². The van der Waals surface area contributed by atoms with Gasteiger partial charge in [-0.05, 0) is 55.7 Å². The van der Waals surface area contributed by atoms with E-state index in [1.165, 1.54) is 0 Å². The zero-order chi connectivity index (χ0) is 21.8. The molecule has 3 heterocycles. The highest BCUT2D eigenvalue weighted by atomic mass is 16.1. The zero-order valence-electron chi connectivity index (χ0n) is 17.5. The molecule has 1 aliphatic carbocycles. The van der Waals surface area contributed by atoms with Gasteiger partial charge in [0.25, 0.3) is 5.91 Å². The number of nitrogens with one attached hydrogen (secondary N) is 2. The topological polar surface area (TPSA) is 132 Å². The number of aromatic nitrogens is 3. The quantitative estimate of drug-likeness (QED) is 0.483. The normalized spacial score (nSPS) is 18.4. The summed E-state index contributed by atoms with van der Waals surface area (Å²) in [5.74, 6) is -0.000306. The third-order valence-electron chi connectivity index (χ3n) is 5.63. The highest BCUT2D eigenvalue weighted by Gasteiger charge is 2.22. The Kier molecular flexibility index (Phi) is 6.08. The van der Waals surface area contributed by atoms with Crippen LogP contribution in [0.1, 0.15) is 41.9 Å². The Hall–Kier alpha value is -3.52. The van der Waals surface area contributed by atoms with E-state index in [-0.39, 0.29) is 17.8 Å². The van der Waals surface area contributed by atoms with Crippen LogP contribution in [-0.2, 0) is 0 Å². The number of primary amides is 1. The molecule has 160 valence electrons. The van der Waals surface area contributed by atoms with Crippen molar-refractivity contribution < 1.29 is 4.79 Å². The summed E-state index contributed by atoms with van der Waals surface area (Å²) in [6.07, 6.45) is 9.45. The van der Waals surface area contributed by atoms with Gasteiger partial charge in [-0.1, -0.05) is 12.8 Å². The van der Waals surface area contributed by atoms with Crippen molar-refractivity contribution in [2.45, 2.75) is 44.7 Å². The van der Waals surface area contributed by atoms with Gasteiger partial charge in [0.15, 0.2) is 5.69 Å². The first-order valence-corrected chi connectivity index (χ1v) is 10.5. The number of hydrogen-bond donors (Lipinski definition) is 4. The molecule has 3 aromatic rings. The van der Waals surface area contributed by atoms with Crippen molar-refractivity contribution in [3.05, 3.63) is 60.3 Å². The Labute approximate surface area is 181 Å². The third kappa shape index (κ3) is 4.80. The second-order valence-corrected chi connectivity index (χ2v) is 7.87. The van der Waals surface area contributed by atoms with E-state index in [2.05, 4.69) is 25.6 Å². The number of aryl methyl sites for hydroxylation is 1. The summed E-state index contributed by atoms with van der Waals surface area (Å²) in [6.45, 7) is 1.94. The van der Waals surface area contributed by atoms with Crippen molar-refractivity contribution in [3.63, 3.8) is 0 Å². The molecule has 0 aromatic carbocycles. The average Bonchev–Trinajstić information content (AvgIpc) is 2.76. The maximum absolute atomic E-state index is 11.9. The van der Waals surface area contributed by atoms with E-state index in [1.807, 2.05) is 37.3 Å². The van der Waals surface area contributed by atoms with Gasteiger partial charge in [-0.25, -0.2) is 9.97 Å². The molecule has 6 N–H and O–H groups in total. The predicted octanol–water partition coefficient (Wildman–Crippen LogP) is 3.37. The number of anilines is 3. The van der Waals surface area contributed by atoms with Gasteiger partial charge in [-0.15, -0.1) is 0 Å². The van der Waals surface area contributed by atoms with Crippen molar-refractivity contribution in [2.24, 2.45) is 11.5 Å². The van der Waals surface area contributed by atoms with Crippen molar-refractivity contribution in [2.75, 3.05) is 10.6 Å². The maximum Gasteiger partial charge on any atom is 0.269 e. The fourth-order valence-electron chi connectivity index (χ4n) is 3.99. The molecule has 0 bridgehead atoms. The molecule has 0 spiro atoms. The molecule has 8 heteroatoms. The number of carbonyl (C=O) groups excluding carboxylic acids is 1. The van der Waals surface area contributed by atoms with Crippen LogP contribution in [0.5, 0.6) is 0 Å². The minimum atomic E-state index is -0.603. The summed E-state index contributed by atoms with van der Waals surface area (Å²) in [5.41, 5.74) is 16.2. The van der Waals surface area contributed by atoms with Crippen molar-refractivity contribution in [1.29, 1.82) is 0 Å². The van der Waals surface area contributed by atoms with Crippen molar-refractivity contribution in [1.82, 2.24) is 15.0 Å².